The van der Waals surface area contributed by atoms with Crippen LogP contribution in [0, 0.1) is 0 Å². The fourth-order valence-corrected chi connectivity index (χ4v) is 3.66. The lowest BCUT2D eigenvalue weighted by atomic mass is 10.3. The number of nitrogens with zero attached hydrogens (tertiary/aromatic N) is 3. The molecule has 0 radical (unpaired) electrons. The molecule has 1 aromatic rings. The van der Waals surface area contributed by atoms with E-state index in [4.69, 9.17) is 9.84 Å². The van der Waals surface area contributed by atoms with Gasteiger partial charge in [-0.1, -0.05) is 0 Å². The van der Waals surface area contributed by atoms with Crippen LogP contribution in [0.4, 0.5) is 5.82 Å². The van der Waals surface area contributed by atoms with Crippen LogP contribution in [0.5, 0.6) is 0 Å². The summed E-state index contributed by atoms with van der Waals surface area (Å²) < 4.78 is 35.0. The third kappa shape index (κ3) is 3.34. The zero-order valence-electron chi connectivity index (χ0n) is 12.0. The fourth-order valence-electron chi connectivity index (χ4n) is 2.23. The van der Waals surface area contributed by atoms with Gasteiger partial charge in [-0.25, -0.2) is 4.79 Å². The van der Waals surface area contributed by atoms with Gasteiger partial charge in [0.25, 0.3) is 0 Å². The number of rotatable bonds is 4. The number of aryl methyl sites for hydroxylation is 1. The van der Waals surface area contributed by atoms with Crippen LogP contribution >= 0.6 is 0 Å². The van der Waals surface area contributed by atoms with E-state index in [2.05, 4.69) is 9.82 Å². The summed E-state index contributed by atoms with van der Waals surface area (Å²) in [6.45, 7) is 3.98. The molecule has 0 aliphatic carbocycles. The molecule has 2 N–H and O–H groups in total. The summed E-state index contributed by atoms with van der Waals surface area (Å²) in [7, 11) is -2.40. The number of carboxylic acids is 1. The van der Waals surface area contributed by atoms with E-state index in [-0.39, 0.29) is 36.7 Å². The number of morpholine rings is 1. The van der Waals surface area contributed by atoms with Crippen LogP contribution in [0.15, 0.2) is 6.20 Å². The smallest absolute Gasteiger partial charge is 0.341 e. The summed E-state index contributed by atoms with van der Waals surface area (Å²) in [5, 5.41) is 12.8. The molecule has 1 saturated heterocycles. The van der Waals surface area contributed by atoms with Gasteiger partial charge in [0, 0.05) is 20.1 Å². The van der Waals surface area contributed by atoms with Gasteiger partial charge in [0.1, 0.15) is 5.56 Å². The van der Waals surface area contributed by atoms with Gasteiger partial charge in [0.2, 0.25) is 0 Å². The van der Waals surface area contributed by atoms with Crippen molar-refractivity contribution in [2.75, 3.05) is 17.8 Å². The van der Waals surface area contributed by atoms with Gasteiger partial charge < -0.3 is 9.84 Å². The maximum atomic E-state index is 12.4. The molecule has 2 atom stereocenters. The molecule has 1 fully saturated rings. The molecule has 1 aliphatic rings. The zero-order valence-corrected chi connectivity index (χ0v) is 12.8. The Labute approximate surface area is 122 Å². The Morgan fingerprint density at radius 2 is 2.00 bits per heavy atom. The van der Waals surface area contributed by atoms with Crippen molar-refractivity contribution < 1.29 is 23.1 Å². The van der Waals surface area contributed by atoms with Gasteiger partial charge in [0.05, 0.1) is 18.4 Å². The van der Waals surface area contributed by atoms with Crippen LogP contribution in [0.1, 0.15) is 24.2 Å². The van der Waals surface area contributed by atoms with Crippen molar-refractivity contribution >= 4 is 22.0 Å². The van der Waals surface area contributed by atoms with E-state index in [1.54, 1.807) is 13.8 Å². The lowest BCUT2D eigenvalue weighted by molar-refractivity contribution is -0.0439. The molecule has 10 heteroatoms. The molecule has 2 heterocycles. The van der Waals surface area contributed by atoms with E-state index in [0.29, 0.717) is 0 Å². The number of nitrogens with one attached hydrogen (secondary N) is 1. The molecule has 0 bridgehead atoms. The van der Waals surface area contributed by atoms with Gasteiger partial charge in [-0.05, 0) is 13.8 Å². The Bertz CT molecular complexity index is 631. The lowest BCUT2D eigenvalue weighted by Gasteiger charge is -2.34. The van der Waals surface area contributed by atoms with Crippen molar-refractivity contribution in [1.29, 1.82) is 0 Å². The standard InChI is InChI=1S/C11H18N4O5S/c1-7-5-15(6-8(2)20-7)21(18,19)13-10-9(11(16)17)4-12-14(10)3/h4,7-8,13H,5-6H2,1-3H3,(H,16,17). The predicted octanol–water partition coefficient (Wildman–Crippen LogP) is -0.116. The van der Waals surface area contributed by atoms with Crippen molar-refractivity contribution in [2.24, 2.45) is 7.05 Å². The summed E-state index contributed by atoms with van der Waals surface area (Å²) in [4.78, 5) is 11.1. The Morgan fingerprint density at radius 1 is 1.43 bits per heavy atom. The number of aromatic nitrogens is 2. The van der Waals surface area contributed by atoms with Gasteiger partial charge in [-0.15, -0.1) is 0 Å². The van der Waals surface area contributed by atoms with Crippen molar-refractivity contribution in [2.45, 2.75) is 26.1 Å². The van der Waals surface area contributed by atoms with E-state index in [0.717, 1.165) is 6.20 Å². The number of carboxylic acid groups (broad SMARTS) is 1. The lowest BCUT2D eigenvalue weighted by Crippen LogP contribution is -2.50. The van der Waals surface area contributed by atoms with E-state index < -0.39 is 16.2 Å². The normalized spacial score (nSPS) is 24.0. The maximum absolute atomic E-state index is 12.4. The third-order valence-electron chi connectivity index (χ3n) is 3.12. The highest BCUT2D eigenvalue weighted by Crippen LogP contribution is 2.20. The van der Waals surface area contributed by atoms with Crippen LogP contribution in [0.3, 0.4) is 0 Å². The first-order valence-electron chi connectivity index (χ1n) is 6.39. The van der Waals surface area contributed by atoms with Gasteiger partial charge >= 0.3 is 16.2 Å². The Morgan fingerprint density at radius 3 is 2.52 bits per heavy atom. The summed E-state index contributed by atoms with van der Waals surface area (Å²) in [5.41, 5.74) is -0.199. The molecular weight excluding hydrogens is 300 g/mol. The first kappa shape index (κ1) is 15.7. The van der Waals surface area contributed by atoms with Crippen molar-refractivity contribution in [1.82, 2.24) is 14.1 Å². The molecule has 21 heavy (non-hydrogen) atoms. The first-order chi connectivity index (χ1) is 9.70. The number of anilines is 1. The topological polar surface area (TPSA) is 114 Å². The molecule has 0 saturated carbocycles. The number of ether oxygens (including phenoxy) is 1. The molecule has 0 aromatic carbocycles. The number of carbonyl (C=O) groups is 1. The first-order valence-corrected chi connectivity index (χ1v) is 7.83. The number of aromatic carboxylic acids is 1. The van der Waals surface area contributed by atoms with Crippen molar-refractivity contribution in [3.63, 3.8) is 0 Å². The van der Waals surface area contributed by atoms with Crippen LogP contribution < -0.4 is 4.72 Å². The Hall–Kier alpha value is -1.65. The summed E-state index contributed by atoms with van der Waals surface area (Å²) in [6, 6.07) is 0. The second-order valence-electron chi connectivity index (χ2n) is 5.02. The monoisotopic (exact) mass is 318 g/mol. The second kappa shape index (κ2) is 5.62. The zero-order chi connectivity index (χ0) is 15.8. The summed E-state index contributed by atoms with van der Waals surface area (Å²) in [5.74, 6) is -1.32. The highest BCUT2D eigenvalue weighted by atomic mass is 32.2. The molecule has 1 aliphatic heterocycles. The minimum absolute atomic E-state index is 0.0747. The highest BCUT2D eigenvalue weighted by Gasteiger charge is 2.32. The van der Waals surface area contributed by atoms with Crippen LogP contribution in [0.25, 0.3) is 0 Å². The van der Waals surface area contributed by atoms with Crippen LogP contribution in [0.2, 0.25) is 0 Å². The largest absolute Gasteiger partial charge is 0.477 e. The predicted molar refractivity (Wildman–Crippen MR) is 74.3 cm³/mol. The van der Waals surface area contributed by atoms with Crippen molar-refractivity contribution in [3.8, 4) is 0 Å². The highest BCUT2D eigenvalue weighted by molar-refractivity contribution is 7.90. The molecule has 0 amide bonds. The van der Waals surface area contributed by atoms with E-state index >= 15 is 0 Å². The molecule has 2 rings (SSSR count). The van der Waals surface area contributed by atoms with E-state index in [1.807, 2.05) is 0 Å². The van der Waals surface area contributed by atoms with Crippen LogP contribution in [-0.2, 0) is 22.0 Å². The molecule has 0 spiro atoms. The maximum Gasteiger partial charge on any atom is 0.341 e. The van der Waals surface area contributed by atoms with Gasteiger partial charge in [-0.2, -0.15) is 17.8 Å². The molecule has 2 unspecified atom stereocenters. The van der Waals surface area contributed by atoms with Gasteiger partial charge in [0.15, 0.2) is 5.82 Å². The number of hydrogen-bond acceptors (Lipinski definition) is 5. The molecule has 1 aromatic heterocycles. The minimum atomic E-state index is -3.87. The molecular formula is C11H18N4O5S. The average molecular weight is 318 g/mol. The Kier molecular flexibility index (Phi) is 4.21. The van der Waals surface area contributed by atoms with Crippen molar-refractivity contribution in [3.05, 3.63) is 11.8 Å². The third-order valence-corrected chi connectivity index (χ3v) is 4.55. The fraction of sp³-hybridized carbons (Fsp3) is 0.636. The minimum Gasteiger partial charge on any atom is -0.477 e. The average Bonchev–Trinajstić information content (AvgIpc) is 2.69. The molecule has 9 nitrogen and oxygen atoms in total. The second-order valence-corrected chi connectivity index (χ2v) is 6.69. The summed E-state index contributed by atoms with van der Waals surface area (Å²) in [6.07, 6.45) is 0.650. The SMILES string of the molecule is CC1CN(S(=O)(=O)Nc2c(C(=O)O)cnn2C)CC(C)O1. The quantitative estimate of drug-likeness (QED) is 0.800. The summed E-state index contributed by atoms with van der Waals surface area (Å²) >= 11 is 0. The number of hydrogen-bond donors (Lipinski definition) is 2. The Balaban J connectivity index is 2.26. The van der Waals surface area contributed by atoms with Crippen LogP contribution in [-0.4, -0.2) is 58.9 Å². The van der Waals surface area contributed by atoms with Gasteiger partial charge in [-0.3, -0.25) is 9.40 Å². The van der Waals surface area contributed by atoms with E-state index in [1.165, 1.54) is 16.0 Å². The van der Waals surface area contributed by atoms with E-state index in [9.17, 15) is 13.2 Å². The molecule has 118 valence electrons.